The zero-order valence-corrected chi connectivity index (χ0v) is 15.2. The lowest BCUT2D eigenvalue weighted by Crippen LogP contribution is -2.57. The minimum absolute atomic E-state index is 0.195. The van der Waals surface area contributed by atoms with E-state index in [1.54, 1.807) is 0 Å². The van der Waals surface area contributed by atoms with Crippen molar-refractivity contribution in [3.8, 4) is 22.8 Å². The molecule has 4 aromatic rings. The number of hydrogen-bond donors (Lipinski definition) is 0. The summed E-state index contributed by atoms with van der Waals surface area (Å²) in [6, 6.07) is 27.4. The molecule has 4 heteroatoms. The van der Waals surface area contributed by atoms with E-state index in [1.807, 2.05) is 36.2 Å². The Hall–Kier alpha value is -2.98. The number of ether oxygens (including phenoxy) is 1. The largest absolute Gasteiger partial charge is 0.458 e. The molecule has 2 nitrogen and oxygen atoms in total. The molecule has 0 atom stereocenters. The Balaban J connectivity index is 1.68. The summed E-state index contributed by atoms with van der Waals surface area (Å²) < 4.78 is 6.30. The first-order valence-electron chi connectivity index (χ1n) is 9.02. The van der Waals surface area contributed by atoms with Crippen LogP contribution in [0.25, 0.3) is 11.3 Å². The molecular formula is C23H14BNOS. The maximum Gasteiger partial charge on any atom is 0.253 e. The van der Waals surface area contributed by atoms with Gasteiger partial charge < -0.3 is 4.74 Å². The lowest BCUT2D eigenvalue weighted by Gasteiger charge is -2.33. The zero-order chi connectivity index (χ0) is 17.8. The Morgan fingerprint density at radius 1 is 0.741 bits per heavy atom. The summed E-state index contributed by atoms with van der Waals surface area (Å²) in [5.41, 5.74) is 6.02. The van der Waals surface area contributed by atoms with Gasteiger partial charge in [0.15, 0.2) is 0 Å². The van der Waals surface area contributed by atoms with E-state index in [4.69, 9.17) is 4.74 Å². The van der Waals surface area contributed by atoms with Crippen LogP contribution in [0.15, 0.2) is 94.9 Å². The molecule has 3 aromatic carbocycles. The van der Waals surface area contributed by atoms with Gasteiger partial charge in [0.25, 0.3) is 6.71 Å². The monoisotopic (exact) mass is 363 g/mol. The molecule has 6 rings (SSSR count). The topological polar surface area (TPSA) is 22.1 Å². The van der Waals surface area contributed by atoms with Gasteiger partial charge in [-0.25, -0.2) is 0 Å². The van der Waals surface area contributed by atoms with Gasteiger partial charge in [-0.3, -0.25) is 4.98 Å². The van der Waals surface area contributed by atoms with E-state index in [0.29, 0.717) is 0 Å². The normalized spacial score (nSPS) is 13.3. The average Bonchev–Trinajstić information content (AvgIpc) is 2.74. The third-order valence-electron chi connectivity index (χ3n) is 5.28. The molecule has 3 heterocycles. The van der Waals surface area contributed by atoms with E-state index in [-0.39, 0.29) is 6.71 Å². The second-order valence-electron chi connectivity index (χ2n) is 6.78. The number of aromatic nitrogens is 1. The van der Waals surface area contributed by atoms with Crippen molar-refractivity contribution in [2.75, 3.05) is 0 Å². The molecule has 0 aliphatic carbocycles. The van der Waals surface area contributed by atoms with Crippen LogP contribution in [0.2, 0.25) is 0 Å². The fourth-order valence-electron chi connectivity index (χ4n) is 4.11. The van der Waals surface area contributed by atoms with Crippen molar-refractivity contribution in [3.05, 3.63) is 85.1 Å². The standard InChI is InChI=1S/C23H14BNOS/c1-3-10-19-16(7-1)24-17-8-2-4-11-21(17)27-23-15(18-9-5-6-14-25-18)12-13-20(26-19)22(23)24/h1-14H. The number of pyridine rings is 1. The van der Waals surface area contributed by atoms with Gasteiger partial charge in [0, 0.05) is 21.6 Å². The zero-order valence-electron chi connectivity index (χ0n) is 14.4. The highest BCUT2D eigenvalue weighted by Gasteiger charge is 2.39. The van der Waals surface area contributed by atoms with Crippen LogP contribution >= 0.6 is 11.8 Å². The first-order chi connectivity index (χ1) is 13.4. The number of para-hydroxylation sites is 1. The van der Waals surface area contributed by atoms with Gasteiger partial charge in [-0.1, -0.05) is 59.7 Å². The molecule has 0 fully saturated rings. The Kier molecular flexibility index (Phi) is 3.23. The van der Waals surface area contributed by atoms with Crippen LogP contribution in [-0.2, 0) is 0 Å². The predicted molar refractivity (Wildman–Crippen MR) is 111 cm³/mol. The maximum absolute atomic E-state index is 6.30. The van der Waals surface area contributed by atoms with E-state index in [0.717, 1.165) is 17.2 Å². The van der Waals surface area contributed by atoms with Gasteiger partial charge in [-0.15, -0.1) is 0 Å². The summed E-state index contributed by atoms with van der Waals surface area (Å²) in [5.74, 6) is 1.91. The van der Waals surface area contributed by atoms with Crippen LogP contribution in [0.3, 0.4) is 0 Å². The van der Waals surface area contributed by atoms with E-state index in [2.05, 4.69) is 65.6 Å². The van der Waals surface area contributed by atoms with Crippen LogP contribution in [0, 0.1) is 0 Å². The van der Waals surface area contributed by atoms with Crippen LogP contribution in [0.1, 0.15) is 0 Å². The first kappa shape index (κ1) is 15.1. The van der Waals surface area contributed by atoms with Crippen LogP contribution < -0.4 is 21.1 Å². The minimum atomic E-state index is 0.195. The second-order valence-corrected chi connectivity index (χ2v) is 7.83. The van der Waals surface area contributed by atoms with Gasteiger partial charge >= 0.3 is 0 Å². The molecule has 0 unspecified atom stereocenters. The van der Waals surface area contributed by atoms with Crippen molar-refractivity contribution in [2.24, 2.45) is 0 Å². The molecule has 0 N–H and O–H groups in total. The van der Waals surface area contributed by atoms with Gasteiger partial charge in [-0.2, -0.15) is 0 Å². The summed E-state index contributed by atoms with van der Waals surface area (Å²) in [4.78, 5) is 7.16. The van der Waals surface area contributed by atoms with E-state index >= 15 is 0 Å². The minimum Gasteiger partial charge on any atom is -0.458 e. The van der Waals surface area contributed by atoms with Crippen molar-refractivity contribution >= 4 is 34.9 Å². The number of hydrogen-bond acceptors (Lipinski definition) is 3. The lowest BCUT2D eigenvalue weighted by atomic mass is 9.35. The number of nitrogens with zero attached hydrogens (tertiary/aromatic N) is 1. The average molecular weight is 363 g/mol. The summed E-state index contributed by atoms with van der Waals surface area (Å²) in [5, 5.41) is 0. The number of benzene rings is 3. The predicted octanol–water partition coefficient (Wildman–Crippen LogP) is 3.84. The summed E-state index contributed by atoms with van der Waals surface area (Å²) in [7, 11) is 0. The van der Waals surface area contributed by atoms with Gasteiger partial charge in [0.2, 0.25) is 0 Å². The van der Waals surface area contributed by atoms with Crippen molar-refractivity contribution in [1.29, 1.82) is 0 Å². The highest BCUT2D eigenvalue weighted by molar-refractivity contribution is 8.00. The molecule has 0 bridgehead atoms. The molecular weight excluding hydrogens is 349 g/mol. The Labute approximate surface area is 162 Å². The SMILES string of the molecule is c1ccc(-c2ccc3c4c2Sc2ccccc2B4c2ccccc2O3)nc1. The van der Waals surface area contributed by atoms with E-state index < -0.39 is 0 Å². The smallest absolute Gasteiger partial charge is 0.253 e. The van der Waals surface area contributed by atoms with Gasteiger partial charge in [-0.05, 0) is 47.3 Å². The molecule has 0 radical (unpaired) electrons. The molecule has 27 heavy (non-hydrogen) atoms. The Morgan fingerprint density at radius 3 is 2.44 bits per heavy atom. The van der Waals surface area contributed by atoms with Crippen molar-refractivity contribution in [1.82, 2.24) is 4.98 Å². The molecule has 126 valence electrons. The van der Waals surface area contributed by atoms with Crippen LogP contribution in [0.5, 0.6) is 11.5 Å². The lowest BCUT2D eigenvalue weighted by molar-refractivity contribution is 0.486. The molecule has 2 aliphatic rings. The number of fused-ring (bicyclic) bond motifs is 4. The van der Waals surface area contributed by atoms with Crippen molar-refractivity contribution < 1.29 is 4.74 Å². The second kappa shape index (κ2) is 5.76. The Bertz CT molecular complexity index is 1180. The quantitative estimate of drug-likeness (QED) is 0.415. The third kappa shape index (κ3) is 2.20. The highest BCUT2D eigenvalue weighted by Crippen LogP contribution is 2.41. The molecule has 1 aromatic heterocycles. The van der Waals surface area contributed by atoms with Gasteiger partial charge in [0.05, 0.1) is 5.69 Å². The van der Waals surface area contributed by atoms with Crippen molar-refractivity contribution in [3.63, 3.8) is 0 Å². The van der Waals surface area contributed by atoms with Crippen LogP contribution in [0.4, 0.5) is 0 Å². The summed E-state index contributed by atoms with van der Waals surface area (Å²) in [6.45, 7) is 0.195. The fraction of sp³-hybridized carbons (Fsp3) is 0. The summed E-state index contributed by atoms with van der Waals surface area (Å²) >= 11 is 1.83. The van der Waals surface area contributed by atoms with E-state index in [1.165, 1.54) is 31.7 Å². The molecule has 0 amide bonds. The van der Waals surface area contributed by atoms with Gasteiger partial charge in [0.1, 0.15) is 11.5 Å². The maximum atomic E-state index is 6.30. The molecule has 0 saturated heterocycles. The molecule has 0 spiro atoms. The number of rotatable bonds is 1. The summed E-state index contributed by atoms with van der Waals surface area (Å²) in [6.07, 6.45) is 1.85. The molecule has 0 saturated carbocycles. The first-order valence-corrected chi connectivity index (χ1v) is 9.83. The highest BCUT2D eigenvalue weighted by atomic mass is 32.2. The Morgan fingerprint density at radius 2 is 1.56 bits per heavy atom. The third-order valence-corrected chi connectivity index (χ3v) is 6.51. The fourth-order valence-corrected chi connectivity index (χ4v) is 5.39. The molecule has 2 aliphatic heterocycles. The van der Waals surface area contributed by atoms with Crippen LogP contribution in [-0.4, -0.2) is 11.7 Å². The van der Waals surface area contributed by atoms with E-state index in [9.17, 15) is 0 Å². The van der Waals surface area contributed by atoms with Crippen molar-refractivity contribution in [2.45, 2.75) is 9.79 Å².